The zero-order valence-corrected chi connectivity index (χ0v) is 16.6. The Morgan fingerprint density at radius 1 is 0.962 bits per heavy atom. The second kappa shape index (κ2) is 8.79. The first-order chi connectivity index (χ1) is 12.9. The molecule has 4 rings (SSSR count). The van der Waals surface area contributed by atoms with Crippen molar-refractivity contribution in [3.63, 3.8) is 0 Å². The van der Waals surface area contributed by atoms with Crippen molar-refractivity contribution >= 4 is 0 Å². The Kier molecular flexibility index (Phi) is 6.20. The molecule has 1 atom stereocenters. The van der Waals surface area contributed by atoms with E-state index in [1.165, 1.54) is 103 Å². The van der Waals surface area contributed by atoms with Crippen molar-refractivity contribution < 1.29 is 9.80 Å². The van der Waals surface area contributed by atoms with E-state index in [4.69, 9.17) is 0 Å². The van der Waals surface area contributed by atoms with Gasteiger partial charge in [0.15, 0.2) is 0 Å². The SMILES string of the molecule is CCC[C@@H](c1nnnn1C1CCCCC1)[NH+]1CC[NH+](C2CCCC2)CC1. The maximum absolute atomic E-state index is 4.56. The fourth-order valence-electron chi connectivity index (χ4n) is 5.80. The number of rotatable bonds is 6. The maximum atomic E-state index is 4.56. The first kappa shape index (κ1) is 18.4. The van der Waals surface area contributed by atoms with Crippen LogP contribution >= 0.6 is 0 Å². The number of piperazine rings is 1. The minimum Gasteiger partial charge on any atom is -0.323 e. The monoisotopic (exact) mass is 362 g/mol. The van der Waals surface area contributed by atoms with E-state index >= 15 is 0 Å². The van der Waals surface area contributed by atoms with Gasteiger partial charge in [-0.2, -0.15) is 0 Å². The number of tetrazole rings is 1. The van der Waals surface area contributed by atoms with Crippen LogP contribution in [0.4, 0.5) is 0 Å². The predicted octanol–water partition coefficient (Wildman–Crippen LogP) is 0.746. The second-order valence-electron chi connectivity index (χ2n) is 8.91. The lowest BCUT2D eigenvalue weighted by Crippen LogP contribution is -3.29. The van der Waals surface area contributed by atoms with Crippen LogP contribution in [0.2, 0.25) is 0 Å². The molecule has 3 aliphatic rings. The van der Waals surface area contributed by atoms with Gasteiger partial charge < -0.3 is 9.80 Å². The van der Waals surface area contributed by atoms with E-state index in [0.717, 1.165) is 6.04 Å². The Balaban J connectivity index is 1.44. The third-order valence-corrected chi connectivity index (χ3v) is 7.29. The van der Waals surface area contributed by atoms with Crippen LogP contribution in [-0.4, -0.2) is 52.4 Å². The zero-order chi connectivity index (χ0) is 17.8. The van der Waals surface area contributed by atoms with Crippen molar-refractivity contribution in [3.8, 4) is 0 Å². The van der Waals surface area contributed by atoms with Crippen LogP contribution in [0.5, 0.6) is 0 Å². The van der Waals surface area contributed by atoms with Crippen LogP contribution in [0.3, 0.4) is 0 Å². The molecule has 0 bridgehead atoms. The lowest BCUT2D eigenvalue weighted by molar-refractivity contribution is -1.04. The van der Waals surface area contributed by atoms with Gasteiger partial charge in [-0.15, -0.1) is 5.10 Å². The van der Waals surface area contributed by atoms with Crippen molar-refractivity contribution in [2.45, 2.75) is 95.7 Å². The van der Waals surface area contributed by atoms with Crippen molar-refractivity contribution in [3.05, 3.63) is 5.82 Å². The van der Waals surface area contributed by atoms with Gasteiger partial charge in [-0.1, -0.05) is 32.6 Å². The molecule has 3 fully saturated rings. The largest absolute Gasteiger partial charge is 0.323 e. The fraction of sp³-hybridized carbons (Fsp3) is 0.950. The zero-order valence-electron chi connectivity index (χ0n) is 16.6. The second-order valence-corrected chi connectivity index (χ2v) is 8.91. The van der Waals surface area contributed by atoms with Crippen LogP contribution < -0.4 is 9.80 Å². The van der Waals surface area contributed by atoms with Crippen molar-refractivity contribution in [2.75, 3.05) is 26.2 Å². The first-order valence-electron chi connectivity index (χ1n) is 11.3. The van der Waals surface area contributed by atoms with E-state index in [2.05, 4.69) is 27.1 Å². The third-order valence-electron chi connectivity index (χ3n) is 7.29. The highest BCUT2D eigenvalue weighted by molar-refractivity contribution is 4.91. The summed E-state index contributed by atoms with van der Waals surface area (Å²) >= 11 is 0. The summed E-state index contributed by atoms with van der Waals surface area (Å²) in [5.74, 6) is 1.18. The minimum absolute atomic E-state index is 0.488. The van der Waals surface area contributed by atoms with E-state index < -0.39 is 0 Å². The Bertz CT molecular complexity index is 538. The molecule has 1 aromatic rings. The Labute approximate surface area is 158 Å². The van der Waals surface area contributed by atoms with Crippen molar-refractivity contribution in [1.82, 2.24) is 20.2 Å². The number of hydrogen-bond donors (Lipinski definition) is 2. The topological polar surface area (TPSA) is 52.5 Å². The van der Waals surface area contributed by atoms with Crippen LogP contribution in [0.15, 0.2) is 0 Å². The quantitative estimate of drug-likeness (QED) is 0.785. The molecule has 6 nitrogen and oxygen atoms in total. The van der Waals surface area contributed by atoms with Crippen LogP contribution in [-0.2, 0) is 0 Å². The molecule has 26 heavy (non-hydrogen) atoms. The summed E-state index contributed by atoms with van der Waals surface area (Å²) in [6.07, 6.45) is 14.8. The third kappa shape index (κ3) is 3.96. The molecule has 2 heterocycles. The highest BCUT2D eigenvalue weighted by Crippen LogP contribution is 2.29. The summed E-state index contributed by atoms with van der Waals surface area (Å²) in [4.78, 5) is 3.62. The van der Waals surface area contributed by atoms with E-state index in [1.54, 1.807) is 4.90 Å². The lowest BCUT2D eigenvalue weighted by atomic mass is 9.95. The molecule has 146 valence electrons. The number of nitrogens with zero attached hydrogens (tertiary/aromatic N) is 4. The van der Waals surface area contributed by atoms with Gasteiger partial charge in [0.2, 0.25) is 5.82 Å². The molecule has 1 saturated heterocycles. The molecular formula is C20H38N6+2. The van der Waals surface area contributed by atoms with Crippen LogP contribution in [0.25, 0.3) is 0 Å². The van der Waals surface area contributed by atoms with E-state index in [9.17, 15) is 0 Å². The lowest BCUT2D eigenvalue weighted by Gasteiger charge is -2.36. The van der Waals surface area contributed by atoms with Gasteiger partial charge in [0.1, 0.15) is 32.2 Å². The minimum atomic E-state index is 0.488. The summed E-state index contributed by atoms with van der Waals surface area (Å²) in [6.45, 7) is 7.56. The van der Waals surface area contributed by atoms with Gasteiger partial charge in [0.05, 0.1) is 12.1 Å². The average Bonchev–Trinajstić information content (AvgIpc) is 3.39. The van der Waals surface area contributed by atoms with Gasteiger partial charge in [-0.3, -0.25) is 0 Å². The summed E-state index contributed by atoms with van der Waals surface area (Å²) in [5.41, 5.74) is 0. The van der Waals surface area contributed by atoms with Crippen molar-refractivity contribution in [1.29, 1.82) is 0 Å². The van der Waals surface area contributed by atoms with Crippen molar-refractivity contribution in [2.24, 2.45) is 0 Å². The fourth-order valence-corrected chi connectivity index (χ4v) is 5.80. The standard InChI is InChI=1S/C20H36N6/c1-2-8-19(20-21-22-23-26(20)18-11-4-3-5-12-18)25-15-13-24(14-16-25)17-9-6-7-10-17/h17-19H,2-16H2,1H3/p+2/t19-/m0/s1. The van der Waals surface area contributed by atoms with Gasteiger partial charge in [-0.25, -0.2) is 4.68 Å². The molecule has 6 heteroatoms. The number of quaternary nitrogens is 2. The van der Waals surface area contributed by atoms with E-state index in [-0.39, 0.29) is 0 Å². The molecule has 0 aromatic carbocycles. The maximum Gasteiger partial charge on any atom is 0.209 e. The van der Waals surface area contributed by atoms with Gasteiger partial charge in [0.25, 0.3) is 0 Å². The molecule has 0 spiro atoms. The van der Waals surface area contributed by atoms with E-state index in [0.29, 0.717) is 12.1 Å². The predicted molar refractivity (Wildman–Crippen MR) is 101 cm³/mol. The molecule has 2 saturated carbocycles. The summed E-state index contributed by atoms with van der Waals surface area (Å²) in [6, 6.07) is 1.98. The molecule has 2 N–H and O–H groups in total. The number of hydrogen-bond acceptors (Lipinski definition) is 3. The van der Waals surface area contributed by atoms with E-state index in [1.807, 2.05) is 4.90 Å². The summed E-state index contributed by atoms with van der Waals surface area (Å²) in [5, 5.41) is 13.1. The molecule has 1 aliphatic heterocycles. The Morgan fingerprint density at radius 3 is 2.35 bits per heavy atom. The summed E-state index contributed by atoms with van der Waals surface area (Å²) < 4.78 is 2.22. The number of nitrogens with one attached hydrogen (secondary N) is 2. The highest BCUT2D eigenvalue weighted by atomic mass is 15.6. The number of aromatic nitrogens is 4. The van der Waals surface area contributed by atoms with Gasteiger partial charge in [0, 0.05) is 6.42 Å². The molecule has 0 radical (unpaired) electrons. The molecule has 0 unspecified atom stereocenters. The van der Waals surface area contributed by atoms with Gasteiger partial charge >= 0.3 is 0 Å². The molecule has 0 amide bonds. The summed E-state index contributed by atoms with van der Waals surface area (Å²) in [7, 11) is 0. The van der Waals surface area contributed by atoms with Crippen LogP contribution in [0, 0.1) is 0 Å². The molecule has 1 aromatic heterocycles. The van der Waals surface area contributed by atoms with Gasteiger partial charge in [-0.05, 0) is 49.0 Å². The molecule has 2 aliphatic carbocycles. The Hall–Kier alpha value is -1.01. The highest BCUT2D eigenvalue weighted by Gasteiger charge is 2.37. The normalized spacial score (nSPS) is 29.9. The first-order valence-corrected chi connectivity index (χ1v) is 11.3. The van der Waals surface area contributed by atoms with Crippen LogP contribution in [0.1, 0.15) is 95.5 Å². The molecular weight excluding hydrogens is 324 g/mol. The Morgan fingerprint density at radius 2 is 1.65 bits per heavy atom. The average molecular weight is 363 g/mol. The smallest absolute Gasteiger partial charge is 0.209 e.